The number of hydrogen-bond acceptors (Lipinski definition) is 3. The van der Waals surface area contributed by atoms with Crippen molar-refractivity contribution < 1.29 is 8.42 Å². The summed E-state index contributed by atoms with van der Waals surface area (Å²) in [4.78, 5) is 0.386. The minimum Gasteiger partial charge on any atom is -0.330 e. The molecule has 0 spiro atoms. The van der Waals surface area contributed by atoms with Gasteiger partial charge in [0.2, 0.25) is 10.0 Å². The number of nitrogens with two attached hydrogens (primary N) is 1. The zero-order valence-corrected chi connectivity index (χ0v) is 12.4. The molecular weight excluding hydrogens is 260 g/mol. The van der Waals surface area contributed by atoms with E-state index in [0.29, 0.717) is 18.0 Å². The quantitative estimate of drug-likeness (QED) is 0.918. The first-order valence-corrected chi connectivity index (χ1v) is 8.17. The van der Waals surface area contributed by atoms with Gasteiger partial charge in [0.25, 0.3) is 0 Å². The van der Waals surface area contributed by atoms with Crippen molar-refractivity contribution in [3.05, 3.63) is 29.8 Å². The Bertz CT molecular complexity index is 542. The van der Waals surface area contributed by atoms with Gasteiger partial charge in [-0.1, -0.05) is 12.1 Å². The lowest BCUT2D eigenvalue weighted by atomic mass is 9.96. The molecule has 2 rings (SSSR count). The summed E-state index contributed by atoms with van der Waals surface area (Å²) in [5, 5.41) is 0. The van der Waals surface area contributed by atoms with Gasteiger partial charge in [0.1, 0.15) is 0 Å². The van der Waals surface area contributed by atoms with Gasteiger partial charge in [-0.2, -0.15) is 4.31 Å². The average molecular weight is 282 g/mol. The third-order valence-electron chi connectivity index (χ3n) is 3.85. The molecule has 0 radical (unpaired) electrons. The van der Waals surface area contributed by atoms with E-state index >= 15 is 0 Å². The van der Waals surface area contributed by atoms with Crippen LogP contribution in [0.1, 0.15) is 25.3 Å². The molecule has 2 N–H and O–H groups in total. The first-order valence-electron chi connectivity index (χ1n) is 6.73. The zero-order chi connectivity index (χ0) is 14.0. The fraction of sp³-hybridized carbons (Fsp3) is 0.571. The van der Waals surface area contributed by atoms with Crippen LogP contribution in [0.4, 0.5) is 0 Å². The van der Waals surface area contributed by atoms with Crippen molar-refractivity contribution in [3.63, 3.8) is 0 Å². The largest absolute Gasteiger partial charge is 0.330 e. The topological polar surface area (TPSA) is 63.4 Å². The van der Waals surface area contributed by atoms with Crippen molar-refractivity contribution in [3.8, 4) is 0 Å². The Morgan fingerprint density at radius 2 is 2.11 bits per heavy atom. The normalized spacial score (nSPS) is 25.4. The summed E-state index contributed by atoms with van der Waals surface area (Å²) in [7, 11) is -3.40. The van der Waals surface area contributed by atoms with Gasteiger partial charge in [-0.25, -0.2) is 8.42 Å². The van der Waals surface area contributed by atoms with Crippen LogP contribution in [0, 0.1) is 12.8 Å². The lowest BCUT2D eigenvalue weighted by Crippen LogP contribution is -2.46. The number of rotatable bonds is 3. The zero-order valence-electron chi connectivity index (χ0n) is 11.5. The molecule has 0 aliphatic carbocycles. The predicted molar refractivity (Wildman–Crippen MR) is 76.3 cm³/mol. The molecule has 5 heteroatoms. The maximum Gasteiger partial charge on any atom is 0.243 e. The van der Waals surface area contributed by atoms with E-state index in [9.17, 15) is 8.42 Å². The van der Waals surface area contributed by atoms with Crippen molar-refractivity contribution in [1.82, 2.24) is 4.31 Å². The second-order valence-corrected chi connectivity index (χ2v) is 7.31. The highest BCUT2D eigenvalue weighted by Crippen LogP contribution is 2.27. The highest BCUT2D eigenvalue weighted by Gasteiger charge is 2.34. The molecular formula is C14H22N2O2S. The molecule has 1 aliphatic rings. The van der Waals surface area contributed by atoms with Crippen LogP contribution >= 0.6 is 0 Å². The van der Waals surface area contributed by atoms with Crippen molar-refractivity contribution in [2.24, 2.45) is 11.7 Å². The van der Waals surface area contributed by atoms with Crippen molar-refractivity contribution in [2.75, 3.05) is 13.1 Å². The molecule has 1 aromatic rings. The third-order valence-corrected chi connectivity index (χ3v) is 5.83. The Balaban J connectivity index is 2.32. The lowest BCUT2D eigenvalue weighted by molar-refractivity contribution is 0.211. The first kappa shape index (κ1) is 14.5. The summed E-state index contributed by atoms with van der Waals surface area (Å²) >= 11 is 0. The molecule has 1 saturated heterocycles. The van der Waals surface area contributed by atoms with E-state index in [1.54, 1.807) is 22.5 Å². The Morgan fingerprint density at radius 1 is 1.37 bits per heavy atom. The van der Waals surface area contributed by atoms with Crippen molar-refractivity contribution in [1.29, 1.82) is 0 Å². The molecule has 1 aromatic carbocycles. The standard InChI is InChI=1S/C14H22N2O2S/c1-11-4-3-5-14(8-11)19(17,18)16-10-13(9-15)7-6-12(16)2/h3-5,8,12-13H,6-7,9-10,15H2,1-2H3. The predicted octanol–water partition coefficient (Wildman–Crippen LogP) is 1.74. The number of benzene rings is 1. The van der Waals surface area contributed by atoms with Crippen LogP contribution in [0.3, 0.4) is 0 Å². The Labute approximate surface area is 115 Å². The molecule has 0 bridgehead atoms. The summed E-state index contributed by atoms with van der Waals surface area (Å²) < 4.78 is 27.0. The molecule has 4 nitrogen and oxygen atoms in total. The minimum atomic E-state index is -3.40. The van der Waals surface area contributed by atoms with Crippen LogP contribution in [0.15, 0.2) is 29.2 Å². The fourth-order valence-electron chi connectivity index (χ4n) is 2.59. The van der Waals surface area contributed by atoms with Gasteiger partial charge >= 0.3 is 0 Å². The molecule has 106 valence electrons. The fourth-order valence-corrected chi connectivity index (χ4v) is 4.43. The molecule has 0 amide bonds. The van der Waals surface area contributed by atoms with Gasteiger partial charge < -0.3 is 5.73 Å². The summed E-state index contributed by atoms with van der Waals surface area (Å²) in [5.41, 5.74) is 6.65. The number of hydrogen-bond donors (Lipinski definition) is 1. The SMILES string of the molecule is Cc1cccc(S(=O)(=O)N2CC(CN)CCC2C)c1. The van der Waals surface area contributed by atoms with Crippen molar-refractivity contribution in [2.45, 2.75) is 37.6 Å². The van der Waals surface area contributed by atoms with E-state index < -0.39 is 10.0 Å². The van der Waals surface area contributed by atoms with E-state index in [4.69, 9.17) is 5.73 Å². The van der Waals surface area contributed by atoms with Crippen molar-refractivity contribution >= 4 is 10.0 Å². The molecule has 19 heavy (non-hydrogen) atoms. The van der Waals surface area contributed by atoms with Crippen LogP contribution in [-0.4, -0.2) is 31.9 Å². The Morgan fingerprint density at radius 3 is 2.74 bits per heavy atom. The van der Waals surface area contributed by atoms with Gasteiger partial charge in [-0.15, -0.1) is 0 Å². The van der Waals surface area contributed by atoms with Crippen LogP contribution in [-0.2, 0) is 10.0 Å². The molecule has 0 aromatic heterocycles. The van der Waals surface area contributed by atoms with Gasteiger partial charge in [0.05, 0.1) is 4.90 Å². The smallest absolute Gasteiger partial charge is 0.243 e. The highest BCUT2D eigenvalue weighted by molar-refractivity contribution is 7.89. The average Bonchev–Trinajstić information content (AvgIpc) is 2.39. The number of sulfonamides is 1. The number of piperidine rings is 1. The number of aryl methyl sites for hydroxylation is 1. The van der Waals surface area contributed by atoms with Crippen LogP contribution < -0.4 is 5.73 Å². The van der Waals surface area contributed by atoms with Crippen LogP contribution in [0.5, 0.6) is 0 Å². The van der Waals surface area contributed by atoms with E-state index in [-0.39, 0.29) is 12.0 Å². The van der Waals surface area contributed by atoms with Gasteiger partial charge in [0, 0.05) is 12.6 Å². The molecule has 2 unspecified atom stereocenters. The monoisotopic (exact) mass is 282 g/mol. The second-order valence-electron chi connectivity index (χ2n) is 5.42. The third kappa shape index (κ3) is 2.99. The maximum atomic E-state index is 12.7. The molecule has 1 aliphatic heterocycles. The van der Waals surface area contributed by atoms with E-state index in [0.717, 1.165) is 18.4 Å². The number of nitrogens with zero attached hydrogens (tertiary/aromatic N) is 1. The summed E-state index contributed by atoms with van der Waals surface area (Å²) in [6.07, 6.45) is 1.89. The molecule has 1 heterocycles. The molecule has 2 atom stereocenters. The van der Waals surface area contributed by atoms with E-state index in [1.807, 2.05) is 19.9 Å². The van der Waals surface area contributed by atoms with Crippen LogP contribution in [0.2, 0.25) is 0 Å². The van der Waals surface area contributed by atoms with E-state index in [2.05, 4.69) is 0 Å². The summed E-state index contributed by atoms with van der Waals surface area (Å²) in [5.74, 6) is 0.274. The minimum absolute atomic E-state index is 0.0494. The summed E-state index contributed by atoms with van der Waals surface area (Å²) in [6, 6.07) is 7.14. The maximum absolute atomic E-state index is 12.7. The Kier molecular flexibility index (Phi) is 4.28. The second kappa shape index (κ2) is 5.61. The van der Waals surface area contributed by atoms with Gasteiger partial charge in [-0.3, -0.25) is 0 Å². The van der Waals surface area contributed by atoms with E-state index in [1.165, 1.54) is 0 Å². The van der Waals surface area contributed by atoms with Gasteiger partial charge in [-0.05, 0) is 56.8 Å². The van der Waals surface area contributed by atoms with Gasteiger partial charge in [0.15, 0.2) is 0 Å². The first-order chi connectivity index (χ1) is 8.95. The lowest BCUT2D eigenvalue weighted by Gasteiger charge is -2.36. The summed E-state index contributed by atoms with van der Waals surface area (Å²) in [6.45, 7) is 4.96. The highest BCUT2D eigenvalue weighted by atomic mass is 32.2. The molecule has 0 saturated carbocycles. The Hall–Kier alpha value is -0.910. The van der Waals surface area contributed by atoms with Crippen LogP contribution in [0.25, 0.3) is 0 Å². The molecule has 1 fully saturated rings.